The minimum absolute atomic E-state index is 0.129. The van der Waals surface area contributed by atoms with Crippen molar-refractivity contribution in [2.24, 2.45) is 11.8 Å². The Morgan fingerprint density at radius 3 is 2.83 bits per heavy atom. The molecule has 2 aromatic heterocycles. The molecule has 5 heterocycles. The molecular weight excluding hydrogens is 376 g/mol. The van der Waals surface area contributed by atoms with E-state index in [-0.39, 0.29) is 5.92 Å². The number of amides is 1. The molecule has 3 aliphatic heterocycles. The lowest BCUT2D eigenvalue weighted by Crippen LogP contribution is -2.59. The van der Waals surface area contributed by atoms with Crippen LogP contribution >= 0.6 is 0 Å². The Balaban J connectivity index is 1.23. The largest absolute Gasteiger partial charge is 0.354 e. The lowest BCUT2D eigenvalue weighted by atomic mass is 9.77. The molecule has 3 fully saturated rings. The molecule has 2 saturated heterocycles. The fraction of sp³-hybridized carbons (Fsp3) is 0.696. The number of rotatable bonds is 2. The highest BCUT2D eigenvalue weighted by Crippen LogP contribution is 2.38. The van der Waals surface area contributed by atoms with Gasteiger partial charge in [-0.2, -0.15) is 9.61 Å². The van der Waals surface area contributed by atoms with Gasteiger partial charge in [0.15, 0.2) is 5.65 Å². The number of hydrogen-bond acceptors (Lipinski definition) is 5. The van der Waals surface area contributed by atoms with Crippen LogP contribution in [-0.2, 0) is 17.6 Å². The van der Waals surface area contributed by atoms with Crippen LogP contribution in [0.2, 0.25) is 0 Å². The maximum atomic E-state index is 13.4. The number of carbonyl (C=O) groups excluding carboxylic acids is 1. The summed E-state index contributed by atoms with van der Waals surface area (Å²) in [6, 6.07) is 2.50. The van der Waals surface area contributed by atoms with Crippen molar-refractivity contribution in [1.29, 1.82) is 0 Å². The molecule has 30 heavy (non-hydrogen) atoms. The molecule has 6 rings (SSSR count). The van der Waals surface area contributed by atoms with Gasteiger partial charge in [-0.25, -0.2) is 4.98 Å². The van der Waals surface area contributed by atoms with Crippen LogP contribution in [0.1, 0.15) is 49.8 Å². The zero-order valence-corrected chi connectivity index (χ0v) is 17.7. The number of likely N-dealkylation sites (tertiary alicyclic amines) is 1. The van der Waals surface area contributed by atoms with Crippen LogP contribution in [-0.4, -0.2) is 64.2 Å². The van der Waals surface area contributed by atoms with Gasteiger partial charge in [0.25, 0.3) is 0 Å². The lowest BCUT2D eigenvalue weighted by molar-refractivity contribution is -0.142. The van der Waals surface area contributed by atoms with Crippen molar-refractivity contribution in [3.8, 4) is 0 Å². The summed E-state index contributed by atoms with van der Waals surface area (Å²) in [6.45, 7) is 4.54. The van der Waals surface area contributed by atoms with Crippen LogP contribution < -0.4 is 10.2 Å². The van der Waals surface area contributed by atoms with Crippen LogP contribution in [0.5, 0.6) is 0 Å². The molecular formula is C23H32N6O. The van der Waals surface area contributed by atoms with Crippen LogP contribution in [0.25, 0.3) is 5.65 Å². The van der Waals surface area contributed by atoms with Gasteiger partial charge < -0.3 is 15.1 Å². The highest BCUT2D eigenvalue weighted by atomic mass is 16.2. The van der Waals surface area contributed by atoms with E-state index in [1.807, 2.05) is 16.8 Å². The second-order valence-corrected chi connectivity index (χ2v) is 9.60. The summed E-state index contributed by atoms with van der Waals surface area (Å²) in [5, 5.41) is 8.06. The standard InChI is InChI=1S/C23H32N6O/c30-23(28-13-3-5-16-4-1-2-6-20(16)28)17-14-27(15-17)22-18-7-10-24-11-8-19(18)26-21-9-12-25-29(21)22/h9,12,16-17,20,24H,1-8,10-11,13-15H2. The van der Waals surface area contributed by atoms with Gasteiger partial charge in [-0.3, -0.25) is 4.79 Å². The number of anilines is 1. The number of nitrogens with zero attached hydrogens (tertiary/aromatic N) is 5. The van der Waals surface area contributed by atoms with Crippen molar-refractivity contribution >= 4 is 17.4 Å². The van der Waals surface area contributed by atoms with Crippen molar-refractivity contribution in [1.82, 2.24) is 24.8 Å². The van der Waals surface area contributed by atoms with Crippen LogP contribution in [0.3, 0.4) is 0 Å². The fourth-order valence-electron chi connectivity index (χ4n) is 6.28. The van der Waals surface area contributed by atoms with Gasteiger partial charge in [0.05, 0.1) is 17.8 Å². The SMILES string of the molecule is O=C(C1CN(c2c3c(nc4ccnn24)CCNCC3)C1)N1CCCC2CCCCC21. The van der Waals surface area contributed by atoms with Crippen molar-refractivity contribution in [3.05, 3.63) is 23.5 Å². The van der Waals surface area contributed by atoms with E-state index < -0.39 is 0 Å². The summed E-state index contributed by atoms with van der Waals surface area (Å²) in [5.74, 6) is 2.45. The maximum absolute atomic E-state index is 13.4. The van der Waals surface area contributed by atoms with E-state index in [9.17, 15) is 4.79 Å². The van der Waals surface area contributed by atoms with Gasteiger partial charge in [0.1, 0.15) is 5.82 Å². The Morgan fingerprint density at radius 2 is 1.90 bits per heavy atom. The Hall–Kier alpha value is -2.15. The van der Waals surface area contributed by atoms with E-state index in [1.165, 1.54) is 55.6 Å². The second kappa shape index (κ2) is 7.52. The molecule has 0 spiro atoms. The summed E-state index contributed by atoms with van der Waals surface area (Å²) >= 11 is 0. The van der Waals surface area contributed by atoms with Gasteiger partial charge in [0, 0.05) is 50.3 Å². The van der Waals surface area contributed by atoms with Crippen molar-refractivity contribution in [3.63, 3.8) is 0 Å². The van der Waals surface area contributed by atoms with Crippen molar-refractivity contribution in [2.75, 3.05) is 37.6 Å². The fourth-order valence-corrected chi connectivity index (χ4v) is 6.28. The average molecular weight is 409 g/mol. The molecule has 160 valence electrons. The van der Waals surface area contributed by atoms with Crippen LogP contribution in [0, 0.1) is 11.8 Å². The Labute approximate surface area is 177 Å². The number of aromatic nitrogens is 3. The molecule has 2 aromatic rings. The molecule has 2 atom stereocenters. The predicted molar refractivity (Wildman–Crippen MR) is 116 cm³/mol. The predicted octanol–water partition coefficient (Wildman–Crippen LogP) is 2.03. The van der Waals surface area contributed by atoms with Gasteiger partial charge in [-0.15, -0.1) is 0 Å². The quantitative estimate of drug-likeness (QED) is 0.824. The third kappa shape index (κ3) is 3.01. The van der Waals surface area contributed by atoms with Gasteiger partial charge >= 0.3 is 0 Å². The van der Waals surface area contributed by atoms with Crippen LogP contribution in [0.15, 0.2) is 12.3 Å². The van der Waals surface area contributed by atoms with E-state index in [2.05, 4.69) is 20.2 Å². The Bertz CT molecular complexity index is 947. The van der Waals surface area contributed by atoms with Crippen molar-refractivity contribution < 1.29 is 4.79 Å². The molecule has 2 unspecified atom stereocenters. The summed E-state index contributed by atoms with van der Waals surface area (Å²) in [7, 11) is 0. The van der Waals surface area contributed by atoms with Crippen molar-refractivity contribution in [2.45, 2.75) is 57.4 Å². The smallest absolute Gasteiger partial charge is 0.229 e. The summed E-state index contributed by atoms with van der Waals surface area (Å²) < 4.78 is 1.99. The van der Waals surface area contributed by atoms with Gasteiger partial charge in [-0.1, -0.05) is 12.8 Å². The Kier molecular flexibility index (Phi) is 4.66. The zero-order valence-electron chi connectivity index (χ0n) is 17.7. The molecule has 0 bridgehead atoms. The average Bonchev–Trinajstić information content (AvgIpc) is 3.08. The van der Waals surface area contributed by atoms with E-state index in [0.717, 1.165) is 57.1 Å². The normalized spacial score (nSPS) is 27.3. The number of carbonyl (C=O) groups is 1. The Morgan fingerprint density at radius 1 is 1.07 bits per heavy atom. The molecule has 1 N–H and O–H groups in total. The van der Waals surface area contributed by atoms with E-state index >= 15 is 0 Å². The molecule has 4 aliphatic rings. The first-order chi connectivity index (χ1) is 14.8. The molecule has 0 radical (unpaired) electrons. The third-order valence-electron chi connectivity index (χ3n) is 7.84. The highest BCUT2D eigenvalue weighted by molar-refractivity contribution is 5.82. The minimum atomic E-state index is 0.129. The highest BCUT2D eigenvalue weighted by Gasteiger charge is 2.42. The summed E-state index contributed by atoms with van der Waals surface area (Å²) in [4.78, 5) is 22.9. The first kappa shape index (κ1) is 18.6. The lowest BCUT2D eigenvalue weighted by Gasteiger charge is -2.48. The molecule has 7 heteroatoms. The first-order valence-corrected chi connectivity index (χ1v) is 11.9. The molecule has 0 aromatic carbocycles. The molecule has 1 saturated carbocycles. The summed E-state index contributed by atoms with van der Waals surface area (Å²) in [5.41, 5.74) is 3.42. The molecule has 1 amide bonds. The maximum Gasteiger partial charge on any atom is 0.229 e. The first-order valence-electron chi connectivity index (χ1n) is 11.9. The number of hydrogen-bond donors (Lipinski definition) is 1. The van der Waals surface area contributed by atoms with Gasteiger partial charge in [0.2, 0.25) is 5.91 Å². The number of piperidine rings is 1. The zero-order chi connectivity index (χ0) is 20.1. The molecule has 1 aliphatic carbocycles. The topological polar surface area (TPSA) is 65.8 Å². The number of nitrogens with one attached hydrogen (secondary N) is 1. The second-order valence-electron chi connectivity index (χ2n) is 9.60. The minimum Gasteiger partial charge on any atom is -0.354 e. The van der Waals surface area contributed by atoms with E-state index in [4.69, 9.17) is 4.98 Å². The van der Waals surface area contributed by atoms with E-state index in [0.29, 0.717) is 11.9 Å². The number of fused-ring (bicyclic) bond motifs is 3. The monoisotopic (exact) mass is 408 g/mol. The van der Waals surface area contributed by atoms with Gasteiger partial charge in [-0.05, 0) is 44.6 Å². The summed E-state index contributed by atoms with van der Waals surface area (Å²) in [6.07, 6.45) is 11.4. The van der Waals surface area contributed by atoms with E-state index in [1.54, 1.807) is 0 Å². The van der Waals surface area contributed by atoms with Crippen LogP contribution in [0.4, 0.5) is 5.82 Å². The third-order valence-corrected chi connectivity index (χ3v) is 7.84. The molecule has 7 nitrogen and oxygen atoms in total.